The Labute approximate surface area is 113 Å². The molecular weight excluding hydrogens is 238 g/mol. The first-order chi connectivity index (χ1) is 9.28. The zero-order valence-electron chi connectivity index (χ0n) is 11.4. The second-order valence-electron chi connectivity index (χ2n) is 5.32. The number of likely N-dealkylation sites (tertiary alicyclic amines) is 1. The van der Waals surface area contributed by atoms with Crippen LogP contribution < -0.4 is 5.73 Å². The van der Waals surface area contributed by atoms with E-state index in [2.05, 4.69) is 26.4 Å². The fourth-order valence-corrected chi connectivity index (χ4v) is 2.94. The number of hydrogen-bond acceptors (Lipinski definition) is 4. The minimum absolute atomic E-state index is 0.612. The van der Waals surface area contributed by atoms with E-state index >= 15 is 0 Å². The second kappa shape index (κ2) is 5.17. The lowest BCUT2D eigenvalue weighted by Gasteiger charge is -2.31. The highest BCUT2D eigenvalue weighted by atomic mass is 15.2. The molecule has 0 spiro atoms. The molecule has 0 saturated carbocycles. The van der Waals surface area contributed by atoms with E-state index in [-0.39, 0.29) is 0 Å². The van der Waals surface area contributed by atoms with Crippen molar-refractivity contribution < 1.29 is 0 Å². The molecule has 5 nitrogen and oxygen atoms in total. The zero-order valence-corrected chi connectivity index (χ0v) is 11.4. The Bertz CT molecular complexity index is 554. The van der Waals surface area contributed by atoms with Crippen molar-refractivity contribution in [2.45, 2.75) is 26.3 Å². The van der Waals surface area contributed by atoms with Gasteiger partial charge in [0.1, 0.15) is 5.52 Å². The number of nitrogen functional groups attached to an aromatic ring is 1. The molecule has 0 aliphatic carbocycles. The Balaban J connectivity index is 1.77. The van der Waals surface area contributed by atoms with Gasteiger partial charge in [0.2, 0.25) is 5.95 Å². The molecule has 2 aromatic rings. The van der Waals surface area contributed by atoms with E-state index < -0.39 is 0 Å². The van der Waals surface area contributed by atoms with Crippen LogP contribution in [0.1, 0.15) is 19.8 Å². The Morgan fingerprint density at radius 3 is 2.89 bits per heavy atom. The van der Waals surface area contributed by atoms with Crippen molar-refractivity contribution in [3.8, 4) is 0 Å². The highest BCUT2D eigenvalue weighted by molar-refractivity contribution is 5.76. The van der Waals surface area contributed by atoms with Crippen molar-refractivity contribution in [2.24, 2.45) is 5.92 Å². The number of piperidine rings is 1. The van der Waals surface area contributed by atoms with Crippen molar-refractivity contribution in [2.75, 3.05) is 25.4 Å². The number of nitrogens with zero attached hydrogens (tertiary/aromatic N) is 4. The SMILES string of the molecule is CCN1CCC(Cn2c(N)nc3cnccc32)CC1. The average Bonchev–Trinajstić information content (AvgIpc) is 2.76. The van der Waals surface area contributed by atoms with Crippen LogP contribution in [0.4, 0.5) is 5.95 Å². The predicted octanol–water partition coefficient (Wildman–Crippen LogP) is 1.75. The highest BCUT2D eigenvalue weighted by Crippen LogP contribution is 2.23. The molecule has 3 rings (SSSR count). The predicted molar refractivity (Wildman–Crippen MR) is 76.8 cm³/mol. The summed E-state index contributed by atoms with van der Waals surface area (Å²) in [6.07, 6.45) is 6.08. The van der Waals surface area contributed by atoms with Gasteiger partial charge < -0.3 is 15.2 Å². The number of rotatable bonds is 3. The molecule has 3 heterocycles. The van der Waals surface area contributed by atoms with E-state index in [1.807, 2.05) is 6.07 Å². The number of nitrogens with two attached hydrogens (primary N) is 1. The van der Waals surface area contributed by atoms with Gasteiger partial charge in [-0.25, -0.2) is 4.98 Å². The third-order valence-electron chi connectivity index (χ3n) is 4.18. The lowest BCUT2D eigenvalue weighted by molar-refractivity contribution is 0.182. The van der Waals surface area contributed by atoms with E-state index in [1.165, 1.54) is 25.9 Å². The largest absolute Gasteiger partial charge is 0.369 e. The number of hydrogen-bond donors (Lipinski definition) is 1. The summed E-state index contributed by atoms with van der Waals surface area (Å²) in [7, 11) is 0. The Kier molecular flexibility index (Phi) is 3.38. The summed E-state index contributed by atoms with van der Waals surface area (Å²) in [4.78, 5) is 11.0. The van der Waals surface area contributed by atoms with E-state index in [1.54, 1.807) is 12.4 Å². The van der Waals surface area contributed by atoms with Gasteiger partial charge in [-0.2, -0.15) is 0 Å². The summed E-state index contributed by atoms with van der Waals surface area (Å²) in [6, 6.07) is 2.00. The lowest BCUT2D eigenvalue weighted by Crippen LogP contribution is -2.34. The molecule has 1 fully saturated rings. The van der Waals surface area contributed by atoms with Crippen LogP contribution in [0.5, 0.6) is 0 Å². The molecule has 1 saturated heterocycles. The van der Waals surface area contributed by atoms with Gasteiger partial charge in [-0.1, -0.05) is 6.92 Å². The molecule has 0 amide bonds. The molecule has 0 unspecified atom stereocenters. The Morgan fingerprint density at radius 1 is 1.37 bits per heavy atom. The fourth-order valence-electron chi connectivity index (χ4n) is 2.94. The maximum absolute atomic E-state index is 6.04. The van der Waals surface area contributed by atoms with Crippen LogP contribution in [0.15, 0.2) is 18.5 Å². The van der Waals surface area contributed by atoms with E-state index in [9.17, 15) is 0 Å². The summed E-state index contributed by atoms with van der Waals surface area (Å²) in [5.74, 6) is 1.32. The van der Waals surface area contributed by atoms with Crippen LogP contribution in [-0.2, 0) is 6.54 Å². The minimum Gasteiger partial charge on any atom is -0.369 e. The van der Waals surface area contributed by atoms with Crippen LogP contribution in [0.25, 0.3) is 11.0 Å². The van der Waals surface area contributed by atoms with Gasteiger partial charge in [-0.15, -0.1) is 0 Å². The van der Waals surface area contributed by atoms with Gasteiger partial charge in [0.25, 0.3) is 0 Å². The smallest absolute Gasteiger partial charge is 0.201 e. The summed E-state index contributed by atoms with van der Waals surface area (Å²) in [5, 5.41) is 0. The summed E-state index contributed by atoms with van der Waals surface area (Å²) in [6.45, 7) is 6.78. The van der Waals surface area contributed by atoms with Gasteiger partial charge in [0, 0.05) is 12.7 Å². The maximum Gasteiger partial charge on any atom is 0.201 e. The molecule has 2 aromatic heterocycles. The molecule has 0 radical (unpaired) electrons. The third kappa shape index (κ3) is 2.42. The number of pyridine rings is 1. The van der Waals surface area contributed by atoms with Crippen LogP contribution in [0, 0.1) is 5.92 Å². The molecular formula is C14H21N5. The maximum atomic E-state index is 6.04. The van der Waals surface area contributed by atoms with E-state index in [0.29, 0.717) is 11.9 Å². The molecule has 102 valence electrons. The molecule has 19 heavy (non-hydrogen) atoms. The second-order valence-corrected chi connectivity index (χ2v) is 5.32. The first-order valence-corrected chi connectivity index (χ1v) is 7.06. The van der Waals surface area contributed by atoms with Gasteiger partial charge in [0.15, 0.2) is 0 Å². The molecule has 0 atom stereocenters. The van der Waals surface area contributed by atoms with Crippen LogP contribution in [-0.4, -0.2) is 39.1 Å². The van der Waals surface area contributed by atoms with Crippen molar-refractivity contribution in [3.63, 3.8) is 0 Å². The first kappa shape index (κ1) is 12.4. The summed E-state index contributed by atoms with van der Waals surface area (Å²) >= 11 is 0. The number of fused-ring (bicyclic) bond motifs is 1. The van der Waals surface area contributed by atoms with Gasteiger partial charge in [-0.3, -0.25) is 4.98 Å². The topological polar surface area (TPSA) is 60.0 Å². The van der Waals surface area contributed by atoms with Gasteiger partial charge >= 0.3 is 0 Å². The number of aromatic nitrogens is 3. The highest BCUT2D eigenvalue weighted by Gasteiger charge is 2.20. The van der Waals surface area contributed by atoms with E-state index in [4.69, 9.17) is 5.73 Å². The molecule has 0 aromatic carbocycles. The summed E-state index contributed by atoms with van der Waals surface area (Å²) < 4.78 is 2.14. The van der Waals surface area contributed by atoms with Gasteiger partial charge in [-0.05, 0) is 44.5 Å². The monoisotopic (exact) mass is 259 g/mol. The van der Waals surface area contributed by atoms with Crippen molar-refractivity contribution in [1.29, 1.82) is 0 Å². The van der Waals surface area contributed by atoms with Crippen LogP contribution >= 0.6 is 0 Å². The Hall–Kier alpha value is -1.62. The summed E-state index contributed by atoms with van der Waals surface area (Å²) in [5.41, 5.74) is 8.03. The van der Waals surface area contributed by atoms with Crippen LogP contribution in [0.2, 0.25) is 0 Å². The van der Waals surface area contributed by atoms with Crippen molar-refractivity contribution in [3.05, 3.63) is 18.5 Å². The first-order valence-electron chi connectivity index (χ1n) is 7.06. The Morgan fingerprint density at radius 2 is 2.16 bits per heavy atom. The van der Waals surface area contributed by atoms with Crippen LogP contribution in [0.3, 0.4) is 0 Å². The molecule has 2 N–H and O–H groups in total. The average molecular weight is 259 g/mol. The molecule has 5 heteroatoms. The van der Waals surface area contributed by atoms with Gasteiger partial charge in [0.05, 0.1) is 11.7 Å². The van der Waals surface area contributed by atoms with Crippen molar-refractivity contribution in [1.82, 2.24) is 19.4 Å². The third-order valence-corrected chi connectivity index (χ3v) is 4.18. The molecule has 1 aliphatic heterocycles. The van der Waals surface area contributed by atoms with E-state index in [0.717, 1.165) is 24.1 Å². The zero-order chi connectivity index (χ0) is 13.2. The van der Waals surface area contributed by atoms with Crippen molar-refractivity contribution >= 4 is 17.0 Å². The minimum atomic E-state index is 0.612. The molecule has 1 aliphatic rings. The standard InChI is InChI=1S/C14H21N5/c1-2-18-7-4-11(5-8-18)10-19-13-3-6-16-9-12(13)17-14(19)15/h3,6,9,11H,2,4-5,7-8,10H2,1H3,(H2,15,17). The number of anilines is 1. The normalized spacial score (nSPS) is 18.2. The quantitative estimate of drug-likeness (QED) is 0.912. The lowest BCUT2D eigenvalue weighted by atomic mass is 9.96. The molecule has 0 bridgehead atoms. The number of imidazole rings is 1. The fraction of sp³-hybridized carbons (Fsp3) is 0.571.